The summed E-state index contributed by atoms with van der Waals surface area (Å²) in [6, 6.07) is 11.7. The third-order valence-corrected chi connectivity index (χ3v) is 4.76. The van der Waals surface area contributed by atoms with Crippen molar-refractivity contribution in [2.45, 2.75) is 25.0 Å². The number of benzene rings is 1. The summed E-state index contributed by atoms with van der Waals surface area (Å²) in [5.41, 5.74) is 2.46. The first-order valence-corrected chi connectivity index (χ1v) is 8.90. The lowest BCUT2D eigenvalue weighted by Gasteiger charge is -2.33. The number of hydrogen-bond acceptors (Lipinski definition) is 6. The topological polar surface area (TPSA) is 80.8 Å². The number of rotatable bonds is 7. The van der Waals surface area contributed by atoms with Gasteiger partial charge < -0.3 is 19.7 Å². The molecule has 27 heavy (non-hydrogen) atoms. The number of hydrogen-bond donors (Lipinski definition) is 1. The number of anilines is 1. The third kappa shape index (κ3) is 4.75. The van der Waals surface area contributed by atoms with Crippen LogP contribution >= 0.6 is 0 Å². The molecule has 2 heterocycles. The number of methoxy groups -OCH3 is 1. The molecule has 1 aromatic heterocycles. The van der Waals surface area contributed by atoms with Crippen LogP contribution in [0.15, 0.2) is 48.8 Å². The molecule has 3 rings (SSSR count). The van der Waals surface area contributed by atoms with Crippen molar-refractivity contribution in [3.8, 4) is 5.75 Å². The Bertz CT molecular complexity index is 744. The second-order valence-electron chi connectivity index (χ2n) is 6.34. The minimum Gasteiger partial charge on any atom is -0.465 e. The van der Waals surface area contributed by atoms with Crippen molar-refractivity contribution in [2.75, 3.05) is 25.1 Å². The minimum atomic E-state index is -1.15. The average Bonchev–Trinajstić information content (AvgIpc) is 2.74. The Morgan fingerprint density at radius 3 is 2.44 bits per heavy atom. The number of nitrogens with zero attached hydrogens (tertiary/aromatic N) is 2. The van der Waals surface area contributed by atoms with Crippen LogP contribution in [-0.2, 0) is 14.3 Å². The average molecular weight is 369 g/mol. The lowest BCUT2D eigenvalue weighted by atomic mass is 9.89. The molecule has 7 nitrogen and oxygen atoms in total. The Kier molecular flexibility index (Phi) is 6.25. The molecule has 1 N–H and O–H groups in total. The molecule has 2 aromatic rings. The molecule has 0 saturated carbocycles. The van der Waals surface area contributed by atoms with Gasteiger partial charge in [-0.1, -0.05) is 12.1 Å². The largest absolute Gasteiger partial charge is 0.465 e. The highest BCUT2D eigenvalue weighted by Gasteiger charge is 2.22. The predicted molar refractivity (Wildman–Crippen MR) is 100 cm³/mol. The van der Waals surface area contributed by atoms with Crippen molar-refractivity contribution in [1.82, 2.24) is 10.3 Å². The third-order valence-electron chi connectivity index (χ3n) is 4.76. The first-order chi connectivity index (χ1) is 13.2. The van der Waals surface area contributed by atoms with Gasteiger partial charge in [-0.05, 0) is 48.6 Å². The van der Waals surface area contributed by atoms with E-state index < -0.39 is 12.2 Å². The number of piperidine rings is 1. The highest BCUT2D eigenvalue weighted by molar-refractivity contribution is 5.76. The van der Waals surface area contributed by atoms with E-state index in [1.807, 2.05) is 48.8 Å². The summed E-state index contributed by atoms with van der Waals surface area (Å²) in [4.78, 5) is 28.6. The lowest BCUT2D eigenvalue weighted by molar-refractivity contribution is -0.151. The molecule has 7 heteroatoms. The fraction of sp³-hybridized carbons (Fsp3) is 0.350. The standard InChI is InChI=1S/C20H23N3O4/c1-26-20(25)19(22-14-24)27-18-4-2-15(3-5-18)16-8-12-23(13-9-16)17-6-10-21-11-7-17/h2-7,10-11,14,16,19H,8-9,12-13H2,1H3,(H,22,24). The maximum absolute atomic E-state index is 11.6. The van der Waals surface area contributed by atoms with Crippen molar-refractivity contribution in [2.24, 2.45) is 0 Å². The quantitative estimate of drug-likeness (QED) is 0.457. The van der Waals surface area contributed by atoms with Crippen LogP contribution in [0.5, 0.6) is 5.75 Å². The van der Waals surface area contributed by atoms with Crippen LogP contribution in [0.4, 0.5) is 5.69 Å². The number of aromatic nitrogens is 1. The summed E-state index contributed by atoms with van der Waals surface area (Å²) >= 11 is 0. The molecule has 1 saturated heterocycles. The van der Waals surface area contributed by atoms with Crippen LogP contribution in [0.1, 0.15) is 24.3 Å². The Balaban J connectivity index is 1.58. The molecule has 1 amide bonds. The monoisotopic (exact) mass is 369 g/mol. The van der Waals surface area contributed by atoms with Gasteiger partial charge in [0, 0.05) is 31.2 Å². The number of nitrogens with one attached hydrogen (secondary N) is 1. The zero-order valence-electron chi connectivity index (χ0n) is 15.2. The maximum Gasteiger partial charge on any atom is 0.368 e. The zero-order chi connectivity index (χ0) is 19.1. The van der Waals surface area contributed by atoms with Crippen molar-refractivity contribution in [1.29, 1.82) is 0 Å². The van der Waals surface area contributed by atoms with E-state index in [9.17, 15) is 9.59 Å². The van der Waals surface area contributed by atoms with E-state index in [1.165, 1.54) is 18.4 Å². The number of amides is 1. The zero-order valence-corrected chi connectivity index (χ0v) is 15.2. The van der Waals surface area contributed by atoms with Gasteiger partial charge in [-0.25, -0.2) is 4.79 Å². The first-order valence-electron chi connectivity index (χ1n) is 8.90. The Hall–Kier alpha value is -3.09. The van der Waals surface area contributed by atoms with Gasteiger partial charge in [-0.15, -0.1) is 0 Å². The summed E-state index contributed by atoms with van der Waals surface area (Å²) in [6.45, 7) is 2.00. The van der Waals surface area contributed by atoms with Gasteiger partial charge in [0.15, 0.2) is 0 Å². The Labute approximate surface area is 158 Å². The van der Waals surface area contributed by atoms with E-state index in [2.05, 4.69) is 19.9 Å². The molecule has 0 radical (unpaired) electrons. The Morgan fingerprint density at radius 1 is 1.19 bits per heavy atom. The van der Waals surface area contributed by atoms with Gasteiger partial charge in [0.1, 0.15) is 5.75 Å². The van der Waals surface area contributed by atoms with Crippen molar-refractivity contribution in [3.05, 3.63) is 54.4 Å². The number of carbonyl (C=O) groups is 2. The van der Waals surface area contributed by atoms with E-state index in [0.717, 1.165) is 25.9 Å². The van der Waals surface area contributed by atoms with Crippen molar-refractivity contribution < 1.29 is 19.1 Å². The second-order valence-corrected chi connectivity index (χ2v) is 6.34. The number of pyridine rings is 1. The summed E-state index contributed by atoms with van der Waals surface area (Å²) in [5, 5.41) is 2.29. The van der Waals surface area contributed by atoms with E-state index in [0.29, 0.717) is 18.1 Å². The van der Waals surface area contributed by atoms with Gasteiger partial charge in [-0.2, -0.15) is 0 Å². The van der Waals surface area contributed by atoms with E-state index >= 15 is 0 Å². The molecular formula is C20H23N3O4. The van der Waals surface area contributed by atoms with E-state index in [1.54, 1.807) is 0 Å². The molecule has 142 valence electrons. The fourth-order valence-electron chi connectivity index (χ4n) is 3.30. The van der Waals surface area contributed by atoms with E-state index in [4.69, 9.17) is 4.74 Å². The van der Waals surface area contributed by atoms with Crippen LogP contribution in [0.25, 0.3) is 0 Å². The lowest BCUT2D eigenvalue weighted by Crippen LogP contribution is -2.41. The molecule has 1 fully saturated rings. The molecule has 1 aromatic carbocycles. The summed E-state index contributed by atoms with van der Waals surface area (Å²) in [6.07, 6.45) is 5.04. The van der Waals surface area contributed by atoms with Crippen LogP contribution in [0, 0.1) is 0 Å². The fourth-order valence-corrected chi connectivity index (χ4v) is 3.30. The SMILES string of the molecule is COC(=O)C(NC=O)Oc1ccc(C2CCN(c3ccncc3)CC2)cc1. The van der Waals surface area contributed by atoms with Crippen LogP contribution in [0.2, 0.25) is 0 Å². The molecular weight excluding hydrogens is 346 g/mol. The van der Waals surface area contributed by atoms with Crippen LogP contribution in [0.3, 0.4) is 0 Å². The van der Waals surface area contributed by atoms with Crippen LogP contribution in [-0.4, -0.2) is 43.8 Å². The van der Waals surface area contributed by atoms with Gasteiger partial charge in [-0.3, -0.25) is 9.78 Å². The number of esters is 1. The highest BCUT2D eigenvalue weighted by atomic mass is 16.6. The molecule has 1 aliphatic heterocycles. The van der Waals surface area contributed by atoms with Gasteiger partial charge in [0.05, 0.1) is 7.11 Å². The molecule has 1 aliphatic rings. The van der Waals surface area contributed by atoms with Gasteiger partial charge in [0.2, 0.25) is 6.41 Å². The van der Waals surface area contributed by atoms with Crippen LogP contribution < -0.4 is 15.0 Å². The summed E-state index contributed by atoms with van der Waals surface area (Å²) in [7, 11) is 1.24. The van der Waals surface area contributed by atoms with Crippen molar-refractivity contribution >= 4 is 18.1 Å². The predicted octanol–water partition coefficient (Wildman–Crippen LogP) is 2.09. The van der Waals surface area contributed by atoms with E-state index in [-0.39, 0.29) is 0 Å². The second kappa shape index (κ2) is 9.02. The van der Waals surface area contributed by atoms with Gasteiger partial charge >= 0.3 is 5.97 Å². The van der Waals surface area contributed by atoms with Crippen molar-refractivity contribution in [3.63, 3.8) is 0 Å². The molecule has 0 bridgehead atoms. The smallest absolute Gasteiger partial charge is 0.368 e. The number of carbonyl (C=O) groups excluding carboxylic acids is 2. The number of ether oxygens (including phenoxy) is 2. The first kappa shape index (κ1) is 18.7. The molecule has 0 aliphatic carbocycles. The molecule has 1 atom stereocenters. The molecule has 1 unspecified atom stereocenters. The Morgan fingerprint density at radius 2 is 1.85 bits per heavy atom. The summed E-state index contributed by atoms with van der Waals surface area (Å²) in [5.74, 6) is 0.328. The maximum atomic E-state index is 11.6. The van der Waals surface area contributed by atoms with Gasteiger partial charge in [0.25, 0.3) is 6.23 Å². The minimum absolute atomic E-state index is 0.409. The normalized spacial score (nSPS) is 15.7. The molecule has 0 spiro atoms. The highest BCUT2D eigenvalue weighted by Crippen LogP contribution is 2.31. The summed E-state index contributed by atoms with van der Waals surface area (Å²) < 4.78 is 10.1.